The van der Waals surface area contributed by atoms with Crippen LogP contribution < -0.4 is 9.47 Å². The molecule has 3 aliphatic rings. The fourth-order valence-electron chi connectivity index (χ4n) is 4.75. The lowest BCUT2D eigenvalue weighted by Crippen LogP contribution is -2.34. The molecule has 0 N–H and O–H groups in total. The summed E-state index contributed by atoms with van der Waals surface area (Å²) in [5, 5.41) is 0. The van der Waals surface area contributed by atoms with Crippen LogP contribution in [0, 0.1) is 0 Å². The van der Waals surface area contributed by atoms with Gasteiger partial charge in [0.2, 0.25) is 5.91 Å². The van der Waals surface area contributed by atoms with Crippen LogP contribution in [0.4, 0.5) is 0 Å². The molecule has 1 atom stereocenters. The first-order valence-corrected chi connectivity index (χ1v) is 9.88. The van der Waals surface area contributed by atoms with Gasteiger partial charge in [-0.1, -0.05) is 18.9 Å². The average molecular weight is 343 g/mol. The Labute approximate surface area is 150 Å². The Morgan fingerprint density at radius 2 is 1.72 bits per heavy atom. The quantitative estimate of drug-likeness (QED) is 0.801. The van der Waals surface area contributed by atoms with E-state index in [0.717, 1.165) is 30.9 Å². The number of carbonyl (C=O) groups is 1. The first-order chi connectivity index (χ1) is 12.2. The van der Waals surface area contributed by atoms with Crippen LogP contribution in [0.25, 0.3) is 0 Å². The largest absolute Gasteiger partial charge is 0.493 e. The van der Waals surface area contributed by atoms with E-state index in [0.29, 0.717) is 24.5 Å². The summed E-state index contributed by atoms with van der Waals surface area (Å²) in [6, 6.07) is 6.70. The Morgan fingerprint density at radius 3 is 2.44 bits per heavy atom. The molecule has 2 saturated carbocycles. The van der Waals surface area contributed by atoms with E-state index in [9.17, 15) is 4.79 Å². The molecule has 2 aliphatic carbocycles. The molecular formula is C21H29NO3. The van der Waals surface area contributed by atoms with Crippen molar-refractivity contribution in [3.8, 4) is 11.5 Å². The zero-order valence-corrected chi connectivity index (χ0v) is 15.2. The van der Waals surface area contributed by atoms with Crippen LogP contribution >= 0.6 is 0 Å². The van der Waals surface area contributed by atoms with Crippen molar-refractivity contribution in [3.05, 3.63) is 23.8 Å². The normalized spacial score (nSPS) is 25.1. The first-order valence-electron chi connectivity index (χ1n) is 9.88. The second-order valence-electron chi connectivity index (χ2n) is 7.82. The third-order valence-electron chi connectivity index (χ3n) is 6.18. The van der Waals surface area contributed by atoms with Gasteiger partial charge in [-0.3, -0.25) is 4.79 Å². The molecule has 136 valence electrons. The number of carbonyl (C=O) groups excluding carboxylic acids is 1. The van der Waals surface area contributed by atoms with Crippen molar-refractivity contribution >= 4 is 5.91 Å². The lowest BCUT2D eigenvalue weighted by atomic mass is 9.97. The highest BCUT2D eigenvalue weighted by Crippen LogP contribution is 2.38. The zero-order valence-electron chi connectivity index (χ0n) is 15.2. The van der Waals surface area contributed by atoms with Crippen molar-refractivity contribution in [2.45, 2.75) is 75.9 Å². The predicted octanol–water partition coefficient (Wildman–Crippen LogP) is 4.28. The predicted molar refractivity (Wildman–Crippen MR) is 97.2 cm³/mol. The summed E-state index contributed by atoms with van der Waals surface area (Å²) in [6.07, 6.45) is 10.6. The monoisotopic (exact) mass is 343 g/mol. The number of hydrogen-bond donors (Lipinski definition) is 0. The minimum Gasteiger partial charge on any atom is -0.493 e. The average Bonchev–Trinajstić information content (AvgIpc) is 3.36. The molecular weight excluding hydrogens is 314 g/mol. The van der Waals surface area contributed by atoms with E-state index in [1.165, 1.54) is 44.1 Å². The van der Waals surface area contributed by atoms with Crippen molar-refractivity contribution < 1.29 is 14.3 Å². The Bertz CT molecular complexity index is 618. The number of ether oxygens (including phenoxy) is 2. The second kappa shape index (κ2) is 7.27. The van der Waals surface area contributed by atoms with Crippen LogP contribution in [0.1, 0.15) is 69.3 Å². The number of hydrogen-bond acceptors (Lipinski definition) is 3. The van der Waals surface area contributed by atoms with Crippen LogP contribution in [0.3, 0.4) is 0 Å². The van der Waals surface area contributed by atoms with E-state index in [1.807, 2.05) is 6.07 Å². The van der Waals surface area contributed by atoms with Crippen molar-refractivity contribution in [1.29, 1.82) is 0 Å². The molecule has 1 saturated heterocycles. The van der Waals surface area contributed by atoms with Gasteiger partial charge in [-0.2, -0.15) is 0 Å². The van der Waals surface area contributed by atoms with Gasteiger partial charge in [0.05, 0.1) is 13.2 Å². The van der Waals surface area contributed by atoms with Gasteiger partial charge in [0.15, 0.2) is 11.5 Å². The molecule has 1 amide bonds. The van der Waals surface area contributed by atoms with Crippen molar-refractivity contribution in [2.75, 3.05) is 13.7 Å². The highest BCUT2D eigenvalue weighted by molar-refractivity contribution is 5.80. The molecule has 0 radical (unpaired) electrons. The van der Waals surface area contributed by atoms with Crippen LogP contribution in [-0.4, -0.2) is 36.6 Å². The van der Waals surface area contributed by atoms with E-state index >= 15 is 0 Å². The van der Waals surface area contributed by atoms with Gasteiger partial charge in [0, 0.05) is 24.9 Å². The fraction of sp³-hybridized carbons (Fsp3) is 0.667. The molecule has 1 aromatic carbocycles. The number of benzene rings is 1. The Balaban J connectivity index is 1.50. The minimum atomic E-state index is 0.282. The molecule has 1 heterocycles. The molecule has 0 bridgehead atoms. The summed E-state index contributed by atoms with van der Waals surface area (Å²) in [6.45, 7) is 0.860. The van der Waals surface area contributed by atoms with E-state index in [4.69, 9.17) is 9.47 Å². The molecule has 0 spiro atoms. The summed E-state index contributed by atoms with van der Waals surface area (Å²) in [5.74, 6) is 2.25. The van der Waals surface area contributed by atoms with Gasteiger partial charge in [-0.05, 0) is 56.2 Å². The van der Waals surface area contributed by atoms with Gasteiger partial charge < -0.3 is 14.4 Å². The van der Waals surface area contributed by atoms with Crippen LogP contribution in [-0.2, 0) is 4.79 Å². The SMILES string of the molecule is COc1ccc(C2CC(=O)N(C3CCCC3)C2)cc1OC1CCCC1. The summed E-state index contributed by atoms with van der Waals surface area (Å²) in [5.41, 5.74) is 1.21. The van der Waals surface area contributed by atoms with E-state index in [2.05, 4.69) is 17.0 Å². The van der Waals surface area contributed by atoms with Gasteiger partial charge in [-0.15, -0.1) is 0 Å². The number of rotatable bonds is 5. The molecule has 4 heteroatoms. The molecule has 4 nitrogen and oxygen atoms in total. The molecule has 4 rings (SSSR count). The molecule has 0 aromatic heterocycles. The third kappa shape index (κ3) is 3.49. The molecule has 1 unspecified atom stereocenters. The maximum atomic E-state index is 12.5. The number of nitrogens with zero attached hydrogens (tertiary/aromatic N) is 1. The van der Waals surface area contributed by atoms with Crippen LogP contribution in [0.15, 0.2) is 18.2 Å². The van der Waals surface area contributed by atoms with Crippen LogP contribution in [0.2, 0.25) is 0 Å². The third-order valence-corrected chi connectivity index (χ3v) is 6.18. The number of likely N-dealkylation sites (tertiary alicyclic amines) is 1. The lowest BCUT2D eigenvalue weighted by Gasteiger charge is -2.24. The second-order valence-corrected chi connectivity index (χ2v) is 7.82. The van der Waals surface area contributed by atoms with E-state index < -0.39 is 0 Å². The van der Waals surface area contributed by atoms with Crippen LogP contribution in [0.5, 0.6) is 11.5 Å². The summed E-state index contributed by atoms with van der Waals surface area (Å²) in [7, 11) is 1.69. The highest BCUT2D eigenvalue weighted by atomic mass is 16.5. The first kappa shape index (κ1) is 16.7. The minimum absolute atomic E-state index is 0.282. The summed E-state index contributed by atoms with van der Waals surface area (Å²) >= 11 is 0. The van der Waals surface area contributed by atoms with Gasteiger partial charge in [-0.25, -0.2) is 0 Å². The van der Waals surface area contributed by atoms with Crippen molar-refractivity contribution in [2.24, 2.45) is 0 Å². The zero-order chi connectivity index (χ0) is 17.2. The van der Waals surface area contributed by atoms with Gasteiger partial charge >= 0.3 is 0 Å². The van der Waals surface area contributed by atoms with E-state index in [1.54, 1.807) is 7.11 Å². The number of amides is 1. The van der Waals surface area contributed by atoms with Gasteiger partial charge in [0.1, 0.15) is 0 Å². The molecule has 25 heavy (non-hydrogen) atoms. The molecule has 1 aromatic rings. The Morgan fingerprint density at radius 1 is 1.00 bits per heavy atom. The number of methoxy groups -OCH3 is 1. The topological polar surface area (TPSA) is 38.8 Å². The molecule has 1 aliphatic heterocycles. The summed E-state index contributed by atoms with van der Waals surface area (Å²) in [4.78, 5) is 14.6. The Kier molecular flexibility index (Phi) is 4.87. The standard InChI is InChI=1S/C21H29NO3/c1-24-19-11-10-15(12-20(19)25-18-8-4-5-9-18)16-13-21(23)22(14-16)17-6-2-3-7-17/h10-12,16-18H,2-9,13-14H2,1H3. The maximum Gasteiger partial charge on any atom is 0.223 e. The van der Waals surface area contributed by atoms with E-state index in [-0.39, 0.29) is 5.92 Å². The molecule has 3 fully saturated rings. The van der Waals surface area contributed by atoms with Crippen molar-refractivity contribution in [1.82, 2.24) is 4.90 Å². The highest BCUT2D eigenvalue weighted by Gasteiger charge is 2.36. The smallest absolute Gasteiger partial charge is 0.223 e. The van der Waals surface area contributed by atoms with Gasteiger partial charge in [0.25, 0.3) is 0 Å². The lowest BCUT2D eigenvalue weighted by molar-refractivity contribution is -0.129. The Hall–Kier alpha value is -1.71. The van der Waals surface area contributed by atoms with Crippen molar-refractivity contribution in [3.63, 3.8) is 0 Å². The summed E-state index contributed by atoms with van der Waals surface area (Å²) < 4.78 is 11.7. The maximum absolute atomic E-state index is 12.5. The fourth-order valence-corrected chi connectivity index (χ4v) is 4.75.